The molecule has 302 valence electrons. The Kier molecular flexibility index (Phi) is 21.8. The van der Waals surface area contributed by atoms with E-state index >= 15 is 0 Å². The third kappa shape index (κ3) is 19.8. The van der Waals surface area contributed by atoms with Crippen molar-refractivity contribution in [1.82, 2.24) is 31.5 Å². The Bertz CT molecular complexity index is 1540. The SMILES string of the molecule is CCCCOC(=O)[C@H](CCSC)NC(=O)[C@H](Cc1ccccc1)NC(=O)CNC(=O)CNC(=O)[C@H](Cc1ccc(OC(C)=O)cc1)NC(=O)CCCN(C)C. The van der Waals surface area contributed by atoms with Crippen LogP contribution in [0.25, 0.3) is 0 Å². The molecule has 2 rings (SSSR count). The van der Waals surface area contributed by atoms with Crippen molar-refractivity contribution in [2.75, 3.05) is 52.3 Å². The maximum atomic E-state index is 13.5. The fraction of sp³-hybridized carbons (Fsp3) is 0.513. The number of esters is 2. The van der Waals surface area contributed by atoms with Gasteiger partial charge in [-0.25, -0.2) is 4.79 Å². The number of rotatable bonds is 25. The predicted octanol–water partition coefficient (Wildman–Crippen LogP) is 1.52. The van der Waals surface area contributed by atoms with E-state index in [1.807, 2.05) is 38.2 Å². The highest BCUT2D eigenvalue weighted by molar-refractivity contribution is 7.98. The average Bonchev–Trinajstić information content (AvgIpc) is 3.14. The first kappa shape index (κ1) is 46.2. The minimum absolute atomic E-state index is 0.0924. The summed E-state index contributed by atoms with van der Waals surface area (Å²) in [5.74, 6) is -2.97. The molecule has 0 saturated heterocycles. The fourth-order valence-corrected chi connectivity index (χ4v) is 5.61. The molecule has 3 atom stereocenters. The first-order valence-corrected chi connectivity index (χ1v) is 19.8. The Morgan fingerprint density at radius 3 is 1.96 bits per heavy atom. The van der Waals surface area contributed by atoms with Gasteiger partial charge in [0, 0.05) is 26.2 Å². The fourth-order valence-electron chi connectivity index (χ4n) is 5.14. The van der Waals surface area contributed by atoms with Crippen LogP contribution in [-0.2, 0) is 51.1 Å². The summed E-state index contributed by atoms with van der Waals surface area (Å²) in [5, 5.41) is 13.1. The van der Waals surface area contributed by atoms with Gasteiger partial charge < -0.3 is 41.0 Å². The Hall–Kier alpha value is -4.96. The van der Waals surface area contributed by atoms with Crippen LogP contribution in [0.4, 0.5) is 0 Å². The smallest absolute Gasteiger partial charge is 0.328 e. The molecule has 0 aromatic heterocycles. The number of nitrogens with one attached hydrogen (secondary N) is 5. The van der Waals surface area contributed by atoms with Crippen molar-refractivity contribution < 1.29 is 43.0 Å². The molecule has 0 aliphatic heterocycles. The van der Waals surface area contributed by atoms with Gasteiger partial charge in [0.2, 0.25) is 29.5 Å². The molecule has 5 N–H and O–H groups in total. The van der Waals surface area contributed by atoms with Gasteiger partial charge in [0.15, 0.2) is 0 Å². The molecule has 55 heavy (non-hydrogen) atoms. The molecule has 5 amide bonds. The normalized spacial score (nSPS) is 12.4. The van der Waals surface area contributed by atoms with Crippen LogP contribution in [0.1, 0.15) is 57.1 Å². The lowest BCUT2D eigenvalue weighted by molar-refractivity contribution is -0.148. The third-order valence-corrected chi connectivity index (χ3v) is 8.69. The largest absolute Gasteiger partial charge is 0.464 e. The maximum absolute atomic E-state index is 13.5. The Morgan fingerprint density at radius 2 is 1.35 bits per heavy atom. The highest BCUT2D eigenvalue weighted by Crippen LogP contribution is 2.14. The molecule has 16 heteroatoms. The van der Waals surface area contributed by atoms with E-state index in [0.29, 0.717) is 42.9 Å². The molecule has 0 radical (unpaired) electrons. The molecule has 2 aromatic rings. The zero-order valence-electron chi connectivity index (χ0n) is 32.4. The van der Waals surface area contributed by atoms with Crippen molar-refractivity contribution in [3.05, 3.63) is 65.7 Å². The third-order valence-electron chi connectivity index (χ3n) is 8.04. The quantitative estimate of drug-likeness (QED) is 0.0556. The zero-order chi connectivity index (χ0) is 40.6. The molecule has 0 heterocycles. The molecule has 0 bridgehead atoms. The number of nitrogens with zero attached hydrogens (tertiary/aromatic N) is 1. The van der Waals surface area contributed by atoms with Crippen molar-refractivity contribution in [1.29, 1.82) is 0 Å². The van der Waals surface area contributed by atoms with E-state index in [1.54, 1.807) is 48.5 Å². The number of hydrogen-bond donors (Lipinski definition) is 5. The summed E-state index contributed by atoms with van der Waals surface area (Å²) in [4.78, 5) is 91.3. The molecule has 0 fully saturated rings. The highest BCUT2D eigenvalue weighted by Gasteiger charge is 2.28. The van der Waals surface area contributed by atoms with E-state index in [1.165, 1.54) is 18.7 Å². The lowest BCUT2D eigenvalue weighted by Crippen LogP contribution is -2.54. The second-order valence-electron chi connectivity index (χ2n) is 13.1. The van der Waals surface area contributed by atoms with Gasteiger partial charge in [-0.2, -0.15) is 11.8 Å². The summed E-state index contributed by atoms with van der Waals surface area (Å²) in [6.07, 6.45) is 4.75. The zero-order valence-corrected chi connectivity index (χ0v) is 33.3. The van der Waals surface area contributed by atoms with Crippen molar-refractivity contribution in [2.24, 2.45) is 0 Å². The molecule has 0 aliphatic carbocycles. The number of amides is 5. The second-order valence-corrected chi connectivity index (χ2v) is 14.1. The van der Waals surface area contributed by atoms with Gasteiger partial charge in [0.1, 0.15) is 23.9 Å². The standard InChI is InChI=1S/C39H56N6O9S/c1-6-7-21-53-39(52)31(19-22-55-5)44-38(51)33(23-28-12-9-8-10-13-28)43-36(49)26-40-35(48)25-41-37(50)32(42-34(47)14-11-20-45(3)4)24-29-15-17-30(18-16-29)54-27(2)46/h8-10,12-13,15-18,31-33H,6-7,11,14,19-26H2,1-5H3,(H,40,48)(H,41,50)(H,42,47)(H,43,49)(H,44,51)/t31-,32-,33-/m0/s1. The molecule has 0 unspecified atom stereocenters. The maximum Gasteiger partial charge on any atom is 0.328 e. The Balaban J connectivity index is 2.04. The van der Waals surface area contributed by atoms with Crippen LogP contribution in [0.2, 0.25) is 0 Å². The second kappa shape index (κ2) is 26.0. The molecule has 15 nitrogen and oxygen atoms in total. The van der Waals surface area contributed by atoms with Crippen LogP contribution < -0.4 is 31.3 Å². The van der Waals surface area contributed by atoms with Gasteiger partial charge in [0.25, 0.3) is 0 Å². The monoisotopic (exact) mass is 784 g/mol. The number of unbranched alkanes of at least 4 members (excludes halogenated alkanes) is 1. The summed E-state index contributed by atoms with van der Waals surface area (Å²) >= 11 is 1.52. The Morgan fingerprint density at radius 1 is 0.727 bits per heavy atom. The van der Waals surface area contributed by atoms with Crippen LogP contribution in [0.3, 0.4) is 0 Å². The van der Waals surface area contributed by atoms with E-state index in [9.17, 15) is 33.6 Å². The van der Waals surface area contributed by atoms with E-state index in [4.69, 9.17) is 9.47 Å². The molecular formula is C39H56N6O9S. The van der Waals surface area contributed by atoms with Gasteiger partial charge in [-0.05, 0) is 75.2 Å². The number of ether oxygens (including phenoxy) is 2. The highest BCUT2D eigenvalue weighted by atomic mass is 32.2. The van der Waals surface area contributed by atoms with Crippen molar-refractivity contribution in [2.45, 2.75) is 76.9 Å². The summed E-state index contributed by atoms with van der Waals surface area (Å²) < 4.78 is 10.4. The molecule has 0 spiro atoms. The summed E-state index contributed by atoms with van der Waals surface area (Å²) in [6.45, 7) is 3.19. The minimum Gasteiger partial charge on any atom is -0.464 e. The summed E-state index contributed by atoms with van der Waals surface area (Å²) in [6, 6.07) is 12.5. The molecule has 0 aliphatic rings. The number of carbonyl (C=O) groups excluding carboxylic acids is 7. The van der Waals surface area contributed by atoms with Crippen LogP contribution in [0.5, 0.6) is 5.75 Å². The lowest BCUT2D eigenvalue weighted by Gasteiger charge is -2.23. The van der Waals surface area contributed by atoms with E-state index in [-0.39, 0.29) is 31.8 Å². The number of thioether (sulfide) groups is 1. The van der Waals surface area contributed by atoms with Crippen LogP contribution in [0.15, 0.2) is 54.6 Å². The van der Waals surface area contributed by atoms with Crippen LogP contribution in [0, 0.1) is 0 Å². The van der Waals surface area contributed by atoms with Crippen molar-refractivity contribution >= 4 is 53.2 Å². The predicted molar refractivity (Wildman–Crippen MR) is 210 cm³/mol. The summed E-state index contributed by atoms with van der Waals surface area (Å²) in [7, 11) is 3.78. The first-order valence-electron chi connectivity index (χ1n) is 18.4. The van der Waals surface area contributed by atoms with Crippen molar-refractivity contribution in [3.8, 4) is 5.75 Å². The van der Waals surface area contributed by atoms with E-state index in [0.717, 1.165) is 12.0 Å². The van der Waals surface area contributed by atoms with Gasteiger partial charge in [-0.3, -0.25) is 28.8 Å². The van der Waals surface area contributed by atoms with E-state index < -0.39 is 66.8 Å². The molecule has 0 saturated carbocycles. The summed E-state index contributed by atoms with van der Waals surface area (Å²) in [5.41, 5.74) is 1.43. The topological polar surface area (TPSA) is 201 Å². The molecular weight excluding hydrogens is 729 g/mol. The lowest BCUT2D eigenvalue weighted by atomic mass is 10.0. The van der Waals surface area contributed by atoms with Crippen LogP contribution in [-0.4, -0.2) is 117 Å². The van der Waals surface area contributed by atoms with Gasteiger partial charge >= 0.3 is 11.9 Å². The minimum atomic E-state index is -1.07. The number of carbonyl (C=O) groups is 7. The average molecular weight is 785 g/mol. The van der Waals surface area contributed by atoms with Gasteiger partial charge in [-0.1, -0.05) is 55.8 Å². The number of benzene rings is 2. The Labute approximate surface area is 327 Å². The van der Waals surface area contributed by atoms with Gasteiger partial charge in [0.05, 0.1) is 19.7 Å². The molecule has 2 aromatic carbocycles. The van der Waals surface area contributed by atoms with E-state index in [2.05, 4.69) is 26.6 Å². The van der Waals surface area contributed by atoms with Crippen LogP contribution >= 0.6 is 11.8 Å². The first-order chi connectivity index (χ1) is 26.3. The van der Waals surface area contributed by atoms with Gasteiger partial charge in [-0.15, -0.1) is 0 Å². The van der Waals surface area contributed by atoms with Crippen molar-refractivity contribution in [3.63, 3.8) is 0 Å². The number of hydrogen-bond acceptors (Lipinski definition) is 11.